The maximum Gasteiger partial charge on any atom is 0.264 e. The Labute approximate surface area is 187 Å². The van der Waals surface area contributed by atoms with Gasteiger partial charge in [-0.15, -0.1) is 11.3 Å². The highest BCUT2D eigenvalue weighted by Crippen LogP contribution is 2.30. The number of hydrogen-bond donors (Lipinski definition) is 2. The second kappa shape index (κ2) is 8.96. The van der Waals surface area contributed by atoms with Crippen molar-refractivity contribution < 1.29 is 13.2 Å². The summed E-state index contributed by atoms with van der Waals surface area (Å²) in [4.78, 5) is 17.7. The van der Waals surface area contributed by atoms with Crippen LogP contribution in [0.1, 0.15) is 11.8 Å². The van der Waals surface area contributed by atoms with Gasteiger partial charge < -0.3 is 0 Å². The number of sulfonamides is 1. The van der Waals surface area contributed by atoms with E-state index in [1.807, 2.05) is 47.2 Å². The van der Waals surface area contributed by atoms with Crippen molar-refractivity contribution >= 4 is 60.2 Å². The van der Waals surface area contributed by atoms with Crippen LogP contribution < -0.4 is 10.1 Å². The predicted molar refractivity (Wildman–Crippen MR) is 126 cm³/mol. The molecule has 1 amide bonds. The lowest BCUT2D eigenvalue weighted by molar-refractivity contribution is -0.117. The summed E-state index contributed by atoms with van der Waals surface area (Å²) < 4.78 is 27.5. The second-order valence-corrected chi connectivity index (χ2v) is 10.5. The minimum absolute atomic E-state index is 0.0525. The molecule has 7 nitrogen and oxygen atoms in total. The van der Waals surface area contributed by atoms with Crippen LogP contribution in [0.15, 0.2) is 70.7 Å². The Morgan fingerprint density at radius 2 is 1.94 bits per heavy atom. The molecule has 2 aromatic carbocycles. The number of amides is 1. The summed E-state index contributed by atoms with van der Waals surface area (Å²) in [6.07, 6.45) is 2.41. The summed E-state index contributed by atoms with van der Waals surface area (Å²) in [5.74, 6) is -0.623. The molecule has 4 rings (SSSR count). The van der Waals surface area contributed by atoms with Crippen LogP contribution >= 0.6 is 22.7 Å². The fraction of sp³-hybridized carbons (Fsp3) is 0.0952. The monoisotopic (exact) mass is 470 g/mol. The Kier molecular flexibility index (Phi) is 6.12. The first kappa shape index (κ1) is 21.2. The first-order valence-corrected chi connectivity index (χ1v) is 12.4. The van der Waals surface area contributed by atoms with E-state index in [4.69, 9.17) is 0 Å². The van der Waals surface area contributed by atoms with E-state index in [-0.39, 0.29) is 4.90 Å². The summed E-state index contributed by atoms with van der Waals surface area (Å²) in [7, 11) is -3.87. The highest BCUT2D eigenvalue weighted by molar-refractivity contribution is 7.90. The molecule has 0 aliphatic heterocycles. The van der Waals surface area contributed by atoms with E-state index in [9.17, 15) is 13.2 Å². The second-order valence-electron chi connectivity index (χ2n) is 6.57. The van der Waals surface area contributed by atoms with Crippen molar-refractivity contribution in [3.05, 3.63) is 65.5 Å². The van der Waals surface area contributed by atoms with Crippen molar-refractivity contribution in [2.24, 2.45) is 5.10 Å². The number of nitrogens with zero attached hydrogens (tertiary/aromatic N) is 2. The summed E-state index contributed by atoms with van der Waals surface area (Å²) >= 11 is 3.10. The molecule has 0 saturated carbocycles. The molecule has 158 valence electrons. The summed E-state index contributed by atoms with van der Waals surface area (Å²) in [5.41, 5.74) is 4.67. The lowest BCUT2D eigenvalue weighted by Crippen LogP contribution is -2.28. The van der Waals surface area contributed by atoms with E-state index < -0.39 is 15.9 Å². The van der Waals surface area contributed by atoms with Gasteiger partial charge in [0.1, 0.15) is 0 Å². The topological polar surface area (TPSA) is 101 Å². The van der Waals surface area contributed by atoms with Crippen LogP contribution in [0.3, 0.4) is 0 Å². The van der Waals surface area contributed by atoms with Gasteiger partial charge in [-0.1, -0.05) is 35.6 Å². The molecule has 0 bridgehead atoms. The first-order valence-electron chi connectivity index (χ1n) is 9.26. The predicted octanol–water partition coefficient (Wildman–Crippen LogP) is 4.49. The molecule has 0 radical (unpaired) electrons. The van der Waals surface area contributed by atoms with Crippen molar-refractivity contribution in [3.63, 3.8) is 0 Å². The molecule has 0 spiro atoms. The zero-order chi connectivity index (χ0) is 21.8. The first-order chi connectivity index (χ1) is 14.9. The van der Waals surface area contributed by atoms with E-state index in [1.54, 1.807) is 41.0 Å². The number of rotatable bonds is 7. The van der Waals surface area contributed by atoms with Gasteiger partial charge in [0.05, 0.1) is 15.1 Å². The lowest BCUT2D eigenvalue weighted by Gasteiger charge is -2.06. The quantitative estimate of drug-likeness (QED) is 0.306. The Bertz CT molecular complexity index is 1340. The van der Waals surface area contributed by atoms with E-state index in [0.29, 0.717) is 6.42 Å². The van der Waals surface area contributed by atoms with Crippen LogP contribution in [0, 0.1) is 0 Å². The number of para-hydroxylation sites is 1. The minimum atomic E-state index is -3.87. The van der Waals surface area contributed by atoms with Crippen molar-refractivity contribution in [1.82, 2.24) is 9.71 Å². The summed E-state index contributed by atoms with van der Waals surface area (Å²) in [6, 6.07) is 18.4. The number of thiazole rings is 1. The Hall–Kier alpha value is -3.08. The molecule has 31 heavy (non-hydrogen) atoms. The number of thiophene rings is 1. The van der Waals surface area contributed by atoms with Crippen LogP contribution in [0.5, 0.6) is 0 Å². The van der Waals surface area contributed by atoms with E-state index in [2.05, 4.69) is 15.5 Å². The van der Waals surface area contributed by atoms with Crippen molar-refractivity contribution in [2.75, 3.05) is 5.43 Å². The van der Waals surface area contributed by atoms with Gasteiger partial charge in [0, 0.05) is 29.3 Å². The maximum atomic E-state index is 12.2. The molecule has 4 aromatic rings. The Balaban J connectivity index is 1.42. The molecule has 2 N–H and O–H groups in total. The molecule has 0 atom stereocenters. The van der Waals surface area contributed by atoms with Gasteiger partial charge in [-0.2, -0.15) is 5.10 Å². The van der Waals surface area contributed by atoms with E-state index in [0.717, 1.165) is 30.7 Å². The van der Waals surface area contributed by atoms with Gasteiger partial charge in [-0.25, -0.2) is 18.1 Å². The molecular weight excluding hydrogens is 452 g/mol. The zero-order valence-electron chi connectivity index (χ0n) is 16.4. The van der Waals surface area contributed by atoms with E-state index in [1.165, 1.54) is 13.0 Å². The van der Waals surface area contributed by atoms with Gasteiger partial charge in [-0.05, 0) is 42.0 Å². The van der Waals surface area contributed by atoms with Crippen LogP contribution in [-0.4, -0.2) is 25.5 Å². The number of anilines is 1. The smallest absolute Gasteiger partial charge is 0.264 e. The number of hydrogen-bond acceptors (Lipinski definition) is 8. The average Bonchev–Trinajstić information content (AvgIpc) is 3.37. The number of nitrogens with one attached hydrogen (secondary N) is 2. The van der Waals surface area contributed by atoms with Gasteiger partial charge >= 0.3 is 0 Å². The normalized spacial score (nSPS) is 11.8. The molecule has 2 heterocycles. The fourth-order valence-electron chi connectivity index (χ4n) is 2.86. The van der Waals surface area contributed by atoms with Gasteiger partial charge in [-0.3, -0.25) is 10.2 Å². The van der Waals surface area contributed by atoms with Crippen molar-refractivity contribution in [1.29, 1.82) is 0 Å². The summed E-state index contributed by atoms with van der Waals surface area (Å²) in [6.45, 7) is 1.17. The number of carbonyl (C=O) groups excluding carboxylic acids is 1. The molecular formula is C21H18N4O3S3. The molecule has 0 saturated heterocycles. The lowest BCUT2D eigenvalue weighted by atomic mass is 10.2. The number of carbonyl (C=O) groups is 1. The maximum absolute atomic E-state index is 12.2. The molecule has 0 fully saturated rings. The minimum Gasteiger partial charge on any atom is -0.274 e. The number of aromatic nitrogens is 1. The van der Waals surface area contributed by atoms with Gasteiger partial charge in [0.15, 0.2) is 0 Å². The van der Waals surface area contributed by atoms with Gasteiger partial charge in [0.25, 0.3) is 10.0 Å². The van der Waals surface area contributed by atoms with Crippen LogP contribution in [0.2, 0.25) is 0 Å². The highest BCUT2D eigenvalue weighted by Gasteiger charge is 2.16. The third-order valence-electron chi connectivity index (χ3n) is 4.21. The van der Waals surface area contributed by atoms with E-state index >= 15 is 0 Å². The molecule has 0 aliphatic rings. The third kappa shape index (κ3) is 5.16. The summed E-state index contributed by atoms with van der Waals surface area (Å²) in [5, 5.41) is 4.99. The number of benzene rings is 2. The average molecular weight is 471 g/mol. The SMILES string of the molecule is CC(=O)NS(=O)(=O)c1cccc(-c2ccc(CC=NNc3nc4ccccc4s3)s2)c1. The largest absolute Gasteiger partial charge is 0.274 e. The Morgan fingerprint density at radius 3 is 2.74 bits per heavy atom. The number of hydrazone groups is 1. The highest BCUT2D eigenvalue weighted by atomic mass is 32.2. The molecule has 0 unspecified atom stereocenters. The van der Waals surface area contributed by atoms with Crippen molar-refractivity contribution in [3.8, 4) is 10.4 Å². The molecule has 10 heteroatoms. The standard InChI is InChI=1S/C21H18N4O3S3/c1-14(26)25-31(27,28)17-6-4-5-15(13-17)19-10-9-16(29-19)11-12-22-24-21-23-18-7-2-3-8-20(18)30-21/h2-10,12-13H,11H2,1H3,(H,23,24)(H,25,26). The third-order valence-corrected chi connectivity index (χ3v) is 7.73. The molecule has 2 aromatic heterocycles. The van der Waals surface area contributed by atoms with Crippen LogP contribution in [0.4, 0.5) is 5.13 Å². The fourth-order valence-corrected chi connectivity index (χ4v) is 5.67. The van der Waals surface area contributed by atoms with Gasteiger partial charge in [0.2, 0.25) is 11.0 Å². The number of fused-ring (bicyclic) bond motifs is 1. The van der Waals surface area contributed by atoms with Crippen LogP contribution in [-0.2, 0) is 21.2 Å². The zero-order valence-corrected chi connectivity index (χ0v) is 18.9. The Morgan fingerprint density at radius 1 is 1.10 bits per heavy atom. The molecule has 0 aliphatic carbocycles. The van der Waals surface area contributed by atoms with Crippen LogP contribution in [0.25, 0.3) is 20.7 Å². The van der Waals surface area contributed by atoms with Crippen molar-refractivity contribution in [2.45, 2.75) is 18.2 Å².